The van der Waals surface area contributed by atoms with Crippen LogP contribution in [0.15, 0.2) is 54.6 Å². The van der Waals surface area contributed by atoms with Crippen LogP contribution in [-0.2, 0) is 9.59 Å². The van der Waals surface area contributed by atoms with Gasteiger partial charge in [-0.25, -0.2) is 0 Å². The Labute approximate surface area is 185 Å². The maximum atomic E-state index is 13.2. The molecular formula is C25H21ClN2O3. The van der Waals surface area contributed by atoms with Crippen molar-refractivity contribution >= 4 is 40.7 Å². The molecular weight excluding hydrogens is 412 g/mol. The highest BCUT2D eigenvalue weighted by atomic mass is 35.5. The van der Waals surface area contributed by atoms with E-state index in [-0.39, 0.29) is 41.4 Å². The summed E-state index contributed by atoms with van der Waals surface area (Å²) in [5.74, 6) is 0.657. The zero-order valence-electron chi connectivity index (χ0n) is 16.9. The first-order chi connectivity index (χ1) is 14.9. The smallest absolute Gasteiger partial charge is 0.255 e. The van der Waals surface area contributed by atoms with E-state index in [1.54, 1.807) is 36.4 Å². The van der Waals surface area contributed by atoms with Gasteiger partial charge in [0.2, 0.25) is 11.8 Å². The number of anilines is 2. The Kier molecular flexibility index (Phi) is 3.97. The largest absolute Gasteiger partial charge is 0.322 e. The van der Waals surface area contributed by atoms with Gasteiger partial charge in [-0.15, -0.1) is 0 Å². The molecule has 1 aliphatic heterocycles. The Morgan fingerprint density at radius 3 is 2.16 bits per heavy atom. The van der Waals surface area contributed by atoms with E-state index in [2.05, 4.69) is 17.5 Å². The fourth-order valence-corrected chi connectivity index (χ4v) is 6.03. The molecule has 4 aliphatic carbocycles. The van der Waals surface area contributed by atoms with Gasteiger partial charge in [0.25, 0.3) is 5.91 Å². The molecule has 1 N–H and O–H groups in total. The van der Waals surface area contributed by atoms with Gasteiger partial charge in [-0.2, -0.15) is 0 Å². The number of halogens is 1. The summed E-state index contributed by atoms with van der Waals surface area (Å²) in [5.41, 5.74) is 2.53. The standard InChI is InChI=1S/C25H21ClN2O3/c1-12-2-5-14(10-20(12)26)27-23(29)13-3-6-15(7-4-13)28-24(30)21-16-8-9-17(19-11-18(16)19)22(21)25(28)31/h2-10,16-19,21-22H,11H2,1H3,(H,27,29)/t16-,17-,18-,19-,21-,22+/m1/s1. The SMILES string of the molecule is Cc1ccc(NC(=O)c2ccc(N3C(=O)[C@@H]4[C@@H]5C=C[C@H]([C@H]6C[C@H]56)[C@@H]4C3=O)cc2)cc1Cl. The molecule has 3 amide bonds. The van der Waals surface area contributed by atoms with E-state index in [0.29, 0.717) is 33.8 Å². The van der Waals surface area contributed by atoms with Crippen molar-refractivity contribution in [3.8, 4) is 0 Å². The van der Waals surface area contributed by atoms with Gasteiger partial charge >= 0.3 is 0 Å². The topological polar surface area (TPSA) is 66.5 Å². The predicted octanol–water partition coefficient (Wildman–Crippen LogP) is 4.46. The minimum absolute atomic E-state index is 0.0915. The van der Waals surface area contributed by atoms with Crippen LogP contribution in [0.5, 0.6) is 0 Å². The lowest BCUT2D eigenvalue weighted by molar-refractivity contribution is -0.124. The Bertz CT molecular complexity index is 1140. The molecule has 6 atom stereocenters. The van der Waals surface area contributed by atoms with Crippen molar-refractivity contribution in [1.82, 2.24) is 0 Å². The third-order valence-electron chi connectivity index (χ3n) is 7.48. The van der Waals surface area contributed by atoms with Crippen molar-refractivity contribution in [2.75, 3.05) is 10.2 Å². The Balaban J connectivity index is 1.22. The van der Waals surface area contributed by atoms with E-state index in [4.69, 9.17) is 11.6 Å². The lowest BCUT2D eigenvalue weighted by Crippen LogP contribution is -2.40. The number of carbonyl (C=O) groups is 3. The molecule has 0 radical (unpaired) electrons. The lowest BCUT2D eigenvalue weighted by atomic mass is 9.63. The highest BCUT2D eigenvalue weighted by Crippen LogP contribution is 2.65. The second kappa shape index (κ2) is 6.54. The third-order valence-corrected chi connectivity index (χ3v) is 7.89. The first kappa shape index (κ1) is 18.8. The Hall–Kier alpha value is -2.92. The van der Waals surface area contributed by atoms with Crippen molar-refractivity contribution in [2.45, 2.75) is 13.3 Å². The van der Waals surface area contributed by atoms with E-state index < -0.39 is 0 Å². The van der Waals surface area contributed by atoms with Crippen molar-refractivity contribution in [3.05, 3.63) is 70.8 Å². The van der Waals surface area contributed by atoms with Gasteiger partial charge in [0.1, 0.15) is 0 Å². The number of nitrogens with one attached hydrogen (secondary N) is 1. The number of imide groups is 1. The highest BCUT2D eigenvalue weighted by Gasteiger charge is 2.67. The molecule has 0 unspecified atom stereocenters. The number of nitrogens with zero attached hydrogens (tertiary/aromatic N) is 1. The highest BCUT2D eigenvalue weighted by molar-refractivity contribution is 6.31. The number of amides is 3. The van der Waals surface area contributed by atoms with Crippen LogP contribution in [0.25, 0.3) is 0 Å². The molecule has 2 aromatic carbocycles. The van der Waals surface area contributed by atoms with Crippen LogP contribution in [0.3, 0.4) is 0 Å². The average Bonchev–Trinajstić information content (AvgIpc) is 3.54. The molecule has 0 spiro atoms. The molecule has 0 aromatic heterocycles. The maximum Gasteiger partial charge on any atom is 0.255 e. The quantitative estimate of drug-likeness (QED) is 0.575. The molecule has 6 heteroatoms. The number of benzene rings is 2. The van der Waals surface area contributed by atoms with E-state index in [1.165, 1.54) is 4.90 Å². The van der Waals surface area contributed by atoms with Crippen molar-refractivity contribution in [2.24, 2.45) is 35.5 Å². The zero-order chi connectivity index (χ0) is 21.4. The molecule has 5 aliphatic rings. The second-order valence-corrected chi connectivity index (χ2v) is 9.54. The fourth-order valence-electron chi connectivity index (χ4n) is 5.85. The molecule has 5 nitrogen and oxygen atoms in total. The van der Waals surface area contributed by atoms with E-state index in [9.17, 15) is 14.4 Å². The van der Waals surface area contributed by atoms with Crippen molar-refractivity contribution in [3.63, 3.8) is 0 Å². The van der Waals surface area contributed by atoms with Crippen LogP contribution in [0, 0.1) is 42.4 Å². The van der Waals surface area contributed by atoms with E-state index in [1.807, 2.05) is 13.0 Å². The normalized spacial score (nSPS) is 32.1. The molecule has 7 rings (SSSR count). The summed E-state index contributed by atoms with van der Waals surface area (Å²) in [6, 6.07) is 12.0. The summed E-state index contributed by atoms with van der Waals surface area (Å²) in [6.45, 7) is 1.90. The number of hydrogen-bond donors (Lipinski definition) is 1. The first-order valence-corrected chi connectivity index (χ1v) is 11.1. The molecule has 31 heavy (non-hydrogen) atoms. The predicted molar refractivity (Wildman–Crippen MR) is 118 cm³/mol. The first-order valence-electron chi connectivity index (χ1n) is 10.7. The summed E-state index contributed by atoms with van der Waals surface area (Å²) >= 11 is 6.13. The van der Waals surface area contributed by atoms with Gasteiger partial charge in [-0.3, -0.25) is 19.3 Å². The zero-order valence-corrected chi connectivity index (χ0v) is 17.7. The van der Waals surface area contributed by atoms with Crippen LogP contribution in [0.1, 0.15) is 22.3 Å². The number of hydrogen-bond acceptors (Lipinski definition) is 3. The fraction of sp³-hybridized carbons (Fsp3) is 0.320. The van der Waals surface area contributed by atoms with Crippen molar-refractivity contribution < 1.29 is 14.4 Å². The number of allylic oxidation sites excluding steroid dienone is 2. The molecule has 1 heterocycles. The second-order valence-electron chi connectivity index (χ2n) is 9.13. The van der Waals surface area contributed by atoms with Gasteiger partial charge in [0, 0.05) is 16.3 Å². The van der Waals surface area contributed by atoms with Crippen molar-refractivity contribution in [1.29, 1.82) is 0 Å². The minimum Gasteiger partial charge on any atom is -0.322 e. The van der Waals surface area contributed by atoms with Gasteiger partial charge in [0.05, 0.1) is 17.5 Å². The van der Waals surface area contributed by atoms with Crippen LogP contribution < -0.4 is 10.2 Å². The molecule has 3 fully saturated rings. The molecule has 156 valence electrons. The van der Waals surface area contributed by atoms with E-state index >= 15 is 0 Å². The van der Waals surface area contributed by atoms with Gasteiger partial charge in [-0.05, 0) is 79.0 Å². The summed E-state index contributed by atoms with van der Waals surface area (Å²) in [6.07, 6.45) is 5.48. The van der Waals surface area contributed by atoms with Gasteiger partial charge in [0.15, 0.2) is 0 Å². The van der Waals surface area contributed by atoms with Crippen LogP contribution in [0.4, 0.5) is 11.4 Å². The summed E-state index contributed by atoms with van der Waals surface area (Å²) < 4.78 is 0. The van der Waals surface area contributed by atoms with Crippen LogP contribution in [-0.4, -0.2) is 17.7 Å². The Morgan fingerprint density at radius 1 is 0.968 bits per heavy atom. The third kappa shape index (κ3) is 2.72. The maximum absolute atomic E-state index is 13.2. The van der Waals surface area contributed by atoms with Gasteiger partial charge < -0.3 is 5.32 Å². The molecule has 2 aromatic rings. The molecule has 2 saturated carbocycles. The van der Waals surface area contributed by atoms with E-state index in [0.717, 1.165) is 12.0 Å². The number of aryl methyl sites for hydroxylation is 1. The monoisotopic (exact) mass is 432 g/mol. The number of carbonyl (C=O) groups excluding carboxylic acids is 3. The average molecular weight is 433 g/mol. The lowest BCUT2D eigenvalue weighted by Gasteiger charge is -2.37. The number of rotatable bonds is 3. The molecule has 1 saturated heterocycles. The van der Waals surface area contributed by atoms with Gasteiger partial charge in [-0.1, -0.05) is 29.8 Å². The van der Waals surface area contributed by atoms with Crippen LogP contribution >= 0.6 is 11.6 Å². The molecule has 2 bridgehead atoms. The summed E-state index contributed by atoms with van der Waals surface area (Å²) in [7, 11) is 0. The summed E-state index contributed by atoms with van der Waals surface area (Å²) in [4.78, 5) is 40.4. The summed E-state index contributed by atoms with van der Waals surface area (Å²) in [5, 5.41) is 3.41. The Morgan fingerprint density at radius 2 is 1.58 bits per heavy atom. The van der Waals surface area contributed by atoms with Crippen LogP contribution in [0.2, 0.25) is 5.02 Å². The minimum atomic E-state index is -0.276.